The van der Waals surface area contributed by atoms with E-state index in [-0.39, 0.29) is 0 Å². The Morgan fingerprint density at radius 3 is 2.94 bits per heavy atom. The van der Waals surface area contributed by atoms with Crippen molar-refractivity contribution in [1.29, 1.82) is 5.26 Å². The Balaban J connectivity index is 2.17. The molecule has 86 valence electrons. The fourth-order valence-corrected chi connectivity index (χ4v) is 1.88. The molecule has 0 aliphatic rings. The van der Waals surface area contributed by atoms with Gasteiger partial charge in [-0.1, -0.05) is 15.9 Å². The molecule has 2 aromatic rings. The lowest BCUT2D eigenvalue weighted by Crippen LogP contribution is -2.06. The Bertz CT molecular complexity index is 568. The SMILES string of the molecule is Cn1nccc1CNc1cc(Br)ccc1C#N. The summed E-state index contributed by atoms with van der Waals surface area (Å²) >= 11 is 3.39. The van der Waals surface area contributed by atoms with Crippen molar-refractivity contribution in [3.63, 3.8) is 0 Å². The Morgan fingerprint density at radius 2 is 2.29 bits per heavy atom. The van der Waals surface area contributed by atoms with Crippen LogP contribution in [0.3, 0.4) is 0 Å². The van der Waals surface area contributed by atoms with Crippen LogP contribution in [0.25, 0.3) is 0 Å². The second-order valence-electron chi connectivity index (χ2n) is 3.60. The molecule has 1 aromatic carbocycles. The first-order valence-corrected chi connectivity index (χ1v) is 5.90. The standard InChI is InChI=1S/C12H11BrN4/c1-17-11(4-5-16-17)8-15-12-6-10(13)3-2-9(12)7-14/h2-6,15H,8H2,1H3. The van der Waals surface area contributed by atoms with E-state index in [2.05, 4.69) is 32.4 Å². The summed E-state index contributed by atoms with van der Waals surface area (Å²) in [7, 11) is 1.89. The molecule has 17 heavy (non-hydrogen) atoms. The number of benzene rings is 1. The third kappa shape index (κ3) is 2.66. The molecule has 2 rings (SSSR count). The first kappa shape index (κ1) is 11.7. The molecule has 0 radical (unpaired) electrons. The molecule has 0 unspecified atom stereocenters. The van der Waals surface area contributed by atoms with Gasteiger partial charge in [0.1, 0.15) is 6.07 Å². The van der Waals surface area contributed by atoms with E-state index in [1.165, 1.54) is 0 Å². The number of rotatable bonds is 3. The van der Waals surface area contributed by atoms with E-state index in [1.54, 1.807) is 16.9 Å². The van der Waals surface area contributed by atoms with Crippen LogP contribution in [0.5, 0.6) is 0 Å². The van der Waals surface area contributed by atoms with Crippen molar-refractivity contribution in [2.75, 3.05) is 5.32 Å². The zero-order valence-corrected chi connectivity index (χ0v) is 10.9. The summed E-state index contributed by atoms with van der Waals surface area (Å²) in [4.78, 5) is 0. The number of nitrogens with zero attached hydrogens (tertiary/aromatic N) is 3. The number of nitrogens with one attached hydrogen (secondary N) is 1. The van der Waals surface area contributed by atoms with E-state index in [0.29, 0.717) is 12.1 Å². The second-order valence-corrected chi connectivity index (χ2v) is 4.52. The quantitative estimate of drug-likeness (QED) is 0.946. The van der Waals surface area contributed by atoms with Crippen LogP contribution in [0.1, 0.15) is 11.3 Å². The fourth-order valence-electron chi connectivity index (χ4n) is 1.52. The highest BCUT2D eigenvalue weighted by molar-refractivity contribution is 9.10. The molecule has 0 aliphatic carbocycles. The maximum Gasteiger partial charge on any atom is 0.101 e. The van der Waals surface area contributed by atoms with Gasteiger partial charge in [0.05, 0.1) is 23.5 Å². The van der Waals surface area contributed by atoms with Gasteiger partial charge in [-0.05, 0) is 24.3 Å². The van der Waals surface area contributed by atoms with Crippen molar-refractivity contribution in [1.82, 2.24) is 9.78 Å². The van der Waals surface area contributed by atoms with E-state index in [1.807, 2.05) is 25.2 Å². The highest BCUT2D eigenvalue weighted by atomic mass is 79.9. The van der Waals surface area contributed by atoms with E-state index in [4.69, 9.17) is 5.26 Å². The van der Waals surface area contributed by atoms with Gasteiger partial charge in [-0.15, -0.1) is 0 Å². The molecule has 0 bridgehead atoms. The minimum Gasteiger partial charge on any atom is -0.378 e. The topological polar surface area (TPSA) is 53.6 Å². The minimum atomic E-state index is 0.635. The molecule has 1 N–H and O–H groups in total. The third-order valence-corrected chi connectivity index (χ3v) is 2.98. The monoisotopic (exact) mass is 290 g/mol. The van der Waals surface area contributed by atoms with Crippen molar-refractivity contribution in [3.05, 3.63) is 46.2 Å². The van der Waals surface area contributed by atoms with Crippen LogP contribution in [-0.4, -0.2) is 9.78 Å². The molecule has 0 saturated carbocycles. The highest BCUT2D eigenvalue weighted by Crippen LogP contribution is 2.21. The molecule has 1 aromatic heterocycles. The predicted octanol–water partition coefficient (Wildman–Crippen LogP) is 2.67. The van der Waals surface area contributed by atoms with E-state index >= 15 is 0 Å². The molecule has 0 atom stereocenters. The van der Waals surface area contributed by atoms with Crippen molar-refractivity contribution in [3.8, 4) is 6.07 Å². The van der Waals surface area contributed by atoms with Gasteiger partial charge in [-0.2, -0.15) is 10.4 Å². The lowest BCUT2D eigenvalue weighted by molar-refractivity contribution is 0.720. The first-order valence-electron chi connectivity index (χ1n) is 5.11. The molecule has 5 heteroatoms. The number of halogens is 1. The highest BCUT2D eigenvalue weighted by Gasteiger charge is 2.04. The number of nitriles is 1. The van der Waals surface area contributed by atoms with Crippen LogP contribution in [-0.2, 0) is 13.6 Å². The summed E-state index contributed by atoms with van der Waals surface area (Å²) in [6.07, 6.45) is 1.75. The molecular weight excluding hydrogens is 280 g/mol. The lowest BCUT2D eigenvalue weighted by atomic mass is 10.2. The summed E-state index contributed by atoms with van der Waals surface area (Å²) in [6, 6.07) is 9.64. The molecule has 0 saturated heterocycles. The van der Waals surface area contributed by atoms with E-state index in [0.717, 1.165) is 15.9 Å². The van der Waals surface area contributed by atoms with Gasteiger partial charge in [-0.3, -0.25) is 4.68 Å². The maximum atomic E-state index is 9.00. The molecule has 0 amide bonds. The molecule has 4 nitrogen and oxygen atoms in total. The Labute approximate surface area is 108 Å². The Hall–Kier alpha value is -1.80. The normalized spacial score (nSPS) is 9.94. The maximum absolute atomic E-state index is 9.00. The minimum absolute atomic E-state index is 0.635. The molecular formula is C12H11BrN4. The summed E-state index contributed by atoms with van der Waals surface area (Å²) in [5.41, 5.74) is 2.52. The van der Waals surface area contributed by atoms with E-state index < -0.39 is 0 Å². The zero-order chi connectivity index (χ0) is 12.3. The second kappa shape index (κ2) is 5.02. The van der Waals surface area contributed by atoms with Crippen LogP contribution in [0.2, 0.25) is 0 Å². The van der Waals surface area contributed by atoms with Crippen LogP contribution in [0.4, 0.5) is 5.69 Å². The predicted molar refractivity (Wildman–Crippen MR) is 69.4 cm³/mol. The zero-order valence-electron chi connectivity index (χ0n) is 9.31. The van der Waals surface area contributed by atoms with Crippen LogP contribution in [0, 0.1) is 11.3 Å². The van der Waals surface area contributed by atoms with Gasteiger partial charge in [0.15, 0.2) is 0 Å². The van der Waals surface area contributed by atoms with Gasteiger partial charge in [-0.25, -0.2) is 0 Å². The first-order chi connectivity index (χ1) is 8.20. The summed E-state index contributed by atoms with van der Waals surface area (Å²) in [6.45, 7) is 0.641. The van der Waals surface area contributed by atoms with E-state index in [9.17, 15) is 0 Å². The van der Waals surface area contributed by atoms with Gasteiger partial charge in [0.25, 0.3) is 0 Å². The number of hydrogen-bond acceptors (Lipinski definition) is 3. The van der Waals surface area contributed by atoms with Crippen molar-refractivity contribution in [2.45, 2.75) is 6.54 Å². The van der Waals surface area contributed by atoms with Crippen LogP contribution >= 0.6 is 15.9 Å². The summed E-state index contributed by atoms with van der Waals surface area (Å²) in [5.74, 6) is 0. The average molecular weight is 291 g/mol. The summed E-state index contributed by atoms with van der Waals surface area (Å²) in [5, 5.41) is 16.3. The fraction of sp³-hybridized carbons (Fsp3) is 0.167. The lowest BCUT2D eigenvalue weighted by Gasteiger charge is -2.08. The molecule has 0 spiro atoms. The Kier molecular flexibility index (Phi) is 3.45. The number of aromatic nitrogens is 2. The summed E-state index contributed by atoms with van der Waals surface area (Å²) < 4.78 is 2.75. The molecule has 0 fully saturated rings. The molecule has 0 aliphatic heterocycles. The van der Waals surface area contributed by atoms with Crippen molar-refractivity contribution < 1.29 is 0 Å². The van der Waals surface area contributed by atoms with Gasteiger partial charge < -0.3 is 5.32 Å². The van der Waals surface area contributed by atoms with Crippen molar-refractivity contribution in [2.24, 2.45) is 7.05 Å². The van der Waals surface area contributed by atoms with Gasteiger partial charge in [0, 0.05) is 17.7 Å². The van der Waals surface area contributed by atoms with Crippen LogP contribution in [0.15, 0.2) is 34.9 Å². The smallest absolute Gasteiger partial charge is 0.101 e. The average Bonchev–Trinajstić information content (AvgIpc) is 2.72. The van der Waals surface area contributed by atoms with Crippen molar-refractivity contribution >= 4 is 21.6 Å². The van der Waals surface area contributed by atoms with Gasteiger partial charge in [0.2, 0.25) is 0 Å². The number of aryl methyl sites for hydroxylation is 1. The Morgan fingerprint density at radius 1 is 1.47 bits per heavy atom. The van der Waals surface area contributed by atoms with Crippen LogP contribution < -0.4 is 5.32 Å². The molecule has 1 heterocycles. The van der Waals surface area contributed by atoms with Gasteiger partial charge >= 0.3 is 0 Å². The number of hydrogen-bond donors (Lipinski definition) is 1. The largest absolute Gasteiger partial charge is 0.378 e. The third-order valence-electron chi connectivity index (χ3n) is 2.48. The number of anilines is 1.